The summed E-state index contributed by atoms with van der Waals surface area (Å²) < 4.78 is 27.7. The van der Waals surface area contributed by atoms with Crippen LogP contribution in [0.2, 0.25) is 0 Å². The number of methoxy groups -OCH3 is 1. The van der Waals surface area contributed by atoms with Gasteiger partial charge in [0.2, 0.25) is 5.82 Å². The molecule has 2 aliphatic rings. The van der Waals surface area contributed by atoms with Crippen LogP contribution in [0.3, 0.4) is 0 Å². The standard InChI is InChI=1S/C23H27N3O9/c1-13(27)32-12-17-19(33-14(2)28)20(34-15(3)29)22(35-17)26-18(24-21(25-26)23(30)31-4)11-10-16-8-6-5-7-9-16/h8,17,19-20,22H,5-7,9,12H2,1-4H3/t17-,19-,20-,22-/m1/s1. The number of ether oxygens (including phenoxy) is 5. The molecule has 0 radical (unpaired) electrons. The Labute approximate surface area is 201 Å². The zero-order valence-electron chi connectivity index (χ0n) is 19.9. The molecule has 0 unspecified atom stereocenters. The van der Waals surface area contributed by atoms with E-state index in [0.717, 1.165) is 31.3 Å². The molecule has 1 aromatic rings. The third-order valence-electron chi connectivity index (χ3n) is 5.21. The summed E-state index contributed by atoms with van der Waals surface area (Å²) in [6, 6.07) is 0. The Morgan fingerprint density at radius 1 is 1.06 bits per heavy atom. The predicted molar refractivity (Wildman–Crippen MR) is 116 cm³/mol. The van der Waals surface area contributed by atoms with Crippen LogP contribution in [-0.4, -0.2) is 70.7 Å². The van der Waals surface area contributed by atoms with E-state index in [9.17, 15) is 19.2 Å². The van der Waals surface area contributed by atoms with Crippen molar-refractivity contribution in [1.29, 1.82) is 0 Å². The smallest absolute Gasteiger partial charge is 0.378 e. The lowest BCUT2D eigenvalue weighted by Gasteiger charge is -2.23. The topological polar surface area (TPSA) is 145 Å². The molecule has 1 aromatic heterocycles. The molecule has 1 fully saturated rings. The van der Waals surface area contributed by atoms with Gasteiger partial charge < -0.3 is 23.7 Å². The summed E-state index contributed by atoms with van der Waals surface area (Å²) in [5, 5.41) is 4.17. The van der Waals surface area contributed by atoms with Crippen molar-refractivity contribution in [2.24, 2.45) is 0 Å². The number of esters is 4. The molecular weight excluding hydrogens is 462 g/mol. The monoisotopic (exact) mass is 489 g/mol. The molecule has 1 aliphatic carbocycles. The van der Waals surface area contributed by atoms with E-state index in [1.807, 2.05) is 6.08 Å². The van der Waals surface area contributed by atoms with Crippen molar-refractivity contribution in [3.05, 3.63) is 23.3 Å². The second-order valence-corrected chi connectivity index (χ2v) is 7.94. The van der Waals surface area contributed by atoms with Crippen LogP contribution in [0.15, 0.2) is 11.6 Å². The first-order valence-corrected chi connectivity index (χ1v) is 11.1. The number of nitrogens with zero attached hydrogens (tertiary/aromatic N) is 3. The van der Waals surface area contributed by atoms with Gasteiger partial charge in [0.05, 0.1) is 7.11 Å². The molecule has 0 N–H and O–H groups in total. The normalized spacial score (nSPS) is 23.4. The molecule has 4 atom stereocenters. The fourth-order valence-corrected chi connectivity index (χ4v) is 3.74. The Balaban J connectivity index is 2.05. The molecule has 3 rings (SSSR count). The summed E-state index contributed by atoms with van der Waals surface area (Å²) >= 11 is 0. The van der Waals surface area contributed by atoms with Crippen molar-refractivity contribution in [2.45, 2.75) is 71.0 Å². The van der Waals surface area contributed by atoms with Crippen molar-refractivity contribution in [3.8, 4) is 11.8 Å². The highest BCUT2D eigenvalue weighted by Crippen LogP contribution is 2.34. The molecule has 0 aromatic carbocycles. The molecule has 1 aliphatic heterocycles. The van der Waals surface area contributed by atoms with Crippen LogP contribution >= 0.6 is 0 Å². The molecule has 35 heavy (non-hydrogen) atoms. The third-order valence-corrected chi connectivity index (χ3v) is 5.21. The molecule has 1 saturated heterocycles. The van der Waals surface area contributed by atoms with Gasteiger partial charge in [-0.15, -0.1) is 5.10 Å². The summed E-state index contributed by atoms with van der Waals surface area (Å²) in [4.78, 5) is 51.4. The average molecular weight is 489 g/mol. The number of allylic oxidation sites excluding steroid dienone is 2. The Morgan fingerprint density at radius 2 is 1.77 bits per heavy atom. The molecule has 188 valence electrons. The predicted octanol–water partition coefficient (Wildman–Crippen LogP) is 1.24. The van der Waals surface area contributed by atoms with E-state index in [1.54, 1.807) is 0 Å². The first-order valence-electron chi connectivity index (χ1n) is 11.1. The van der Waals surface area contributed by atoms with E-state index < -0.39 is 48.4 Å². The summed E-state index contributed by atoms with van der Waals surface area (Å²) in [6.45, 7) is 3.29. The Kier molecular flexibility index (Phi) is 8.59. The van der Waals surface area contributed by atoms with Gasteiger partial charge in [0.25, 0.3) is 5.82 Å². The highest BCUT2D eigenvalue weighted by atomic mass is 16.7. The summed E-state index contributed by atoms with van der Waals surface area (Å²) in [6.07, 6.45) is 1.37. The second-order valence-electron chi connectivity index (χ2n) is 7.94. The Hall–Kier alpha value is -3.72. The minimum atomic E-state index is -1.20. The number of hydrogen-bond acceptors (Lipinski definition) is 11. The van der Waals surface area contributed by atoms with Crippen molar-refractivity contribution < 1.29 is 42.9 Å². The van der Waals surface area contributed by atoms with Crippen molar-refractivity contribution in [2.75, 3.05) is 13.7 Å². The van der Waals surface area contributed by atoms with E-state index in [4.69, 9.17) is 23.7 Å². The molecule has 2 heterocycles. The molecule has 0 spiro atoms. The number of carbonyl (C=O) groups is 4. The largest absolute Gasteiger partial charge is 0.463 e. The number of rotatable bonds is 6. The lowest BCUT2D eigenvalue weighted by Crippen LogP contribution is -2.40. The van der Waals surface area contributed by atoms with Gasteiger partial charge in [-0.25, -0.2) is 9.48 Å². The number of aromatic nitrogens is 3. The highest BCUT2D eigenvalue weighted by molar-refractivity contribution is 5.85. The van der Waals surface area contributed by atoms with Crippen LogP contribution in [0.4, 0.5) is 0 Å². The second kappa shape index (κ2) is 11.6. The van der Waals surface area contributed by atoms with Gasteiger partial charge in [0, 0.05) is 20.8 Å². The average Bonchev–Trinajstić information content (AvgIpc) is 3.37. The van der Waals surface area contributed by atoms with Gasteiger partial charge in [-0.1, -0.05) is 12.0 Å². The number of carbonyl (C=O) groups excluding carboxylic acids is 4. The van der Waals surface area contributed by atoms with Crippen LogP contribution in [-0.2, 0) is 38.1 Å². The van der Waals surface area contributed by atoms with Crippen LogP contribution in [0.25, 0.3) is 0 Å². The minimum absolute atomic E-state index is 0.0498. The summed E-state index contributed by atoms with van der Waals surface area (Å²) in [5.74, 6) is 2.98. The summed E-state index contributed by atoms with van der Waals surface area (Å²) in [7, 11) is 1.18. The molecule has 0 saturated carbocycles. The van der Waals surface area contributed by atoms with Gasteiger partial charge in [0.15, 0.2) is 18.4 Å². The maximum absolute atomic E-state index is 12.1. The van der Waals surface area contributed by atoms with Gasteiger partial charge >= 0.3 is 23.9 Å². The third kappa shape index (κ3) is 6.66. The molecule has 0 amide bonds. The van der Waals surface area contributed by atoms with Gasteiger partial charge in [-0.2, -0.15) is 4.98 Å². The van der Waals surface area contributed by atoms with Gasteiger partial charge in [0.1, 0.15) is 12.7 Å². The molecular formula is C23H27N3O9. The summed E-state index contributed by atoms with van der Waals surface area (Å²) in [5.41, 5.74) is 0.930. The Morgan fingerprint density at radius 3 is 2.37 bits per heavy atom. The van der Waals surface area contributed by atoms with Crippen molar-refractivity contribution >= 4 is 23.9 Å². The van der Waals surface area contributed by atoms with Crippen molar-refractivity contribution in [3.63, 3.8) is 0 Å². The Bertz CT molecular complexity index is 1080. The zero-order chi connectivity index (χ0) is 25.5. The van der Waals surface area contributed by atoms with Crippen LogP contribution in [0, 0.1) is 11.8 Å². The maximum Gasteiger partial charge on any atom is 0.378 e. The van der Waals surface area contributed by atoms with Gasteiger partial charge in [-0.3, -0.25) is 14.4 Å². The minimum Gasteiger partial charge on any atom is -0.463 e. The highest BCUT2D eigenvalue weighted by Gasteiger charge is 2.51. The maximum atomic E-state index is 12.1. The fraction of sp³-hybridized carbons (Fsp3) is 0.565. The van der Waals surface area contributed by atoms with Crippen LogP contribution in [0.1, 0.15) is 69.1 Å². The van der Waals surface area contributed by atoms with E-state index in [0.29, 0.717) is 0 Å². The lowest BCUT2D eigenvalue weighted by molar-refractivity contribution is -0.166. The van der Waals surface area contributed by atoms with Crippen LogP contribution in [0.5, 0.6) is 0 Å². The van der Waals surface area contributed by atoms with E-state index in [2.05, 4.69) is 21.9 Å². The van der Waals surface area contributed by atoms with Crippen molar-refractivity contribution in [1.82, 2.24) is 14.8 Å². The molecule has 12 nitrogen and oxygen atoms in total. The van der Waals surface area contributed by atoms with E-state index >= 15 is 0 Å². The fourth-order valence-electron chi connectivity index (χ4n) is 3.74. The van der Waals surface area contributed by atoms with Gasteiger partial charge in [-0.05, 0) is 37.2 Å². The first kappa shape index (κ1) is 25.9. The SMILES string of the molecule is COC(=O)c1nc(C#CC2=CCCCC2)n([C@@H]2O[C@H](COC(C)=O)[C@@H](OC(C)=O)[C@H]2OC(C)=O)n1. The van der Waals surface area contributed by atoms with E-state index in [1.165, 1.54) is 32.6 Å². The zero-order valence-corrected chi connectivity index (χ0v) is 19.9. The lowest BCUT2D eigenvalue weighted by atomic mass is 10.0. The quantitative estimate of drug-likeness (QED) is 0.323. The van der Waals surface area contributed by atoms with E-state index in [-0.39, 0.29) is 18.3 Å². The van der Waals surface area contributed by atoms with Crippen LogP contribution < -0.4 is 0 Å². The number of hydrogen-bond donors (Lipinski definition) is 0. The molecule has 0 bridgehead atoms. The molecule has 12 heteroatoms. The first-order chi connectivity index (χ1) is 16.7.